The highest BCUT2D eigenvalue weighted by molar-refractivity contribution is 6.19. The van der Waals surface area contributed by atoms with Crippen molar-refractivity contribution in [2.24, 2.45) is 5.10 Å². The van der Waals surface area contributed by atoms with Crippen LogP contribution in [0.2, 0.25) is 0 Å². The lowest BCUT2D eigenvalue weighted by Crippen LogP contribution is -2.32. The molecule has 0 saturated heterocycles. The molecule has 64 valence electrons. The molecule has 0 aromatic rings. The number of hydrogen-bond donors (Lipinski definition) is 0. The third kappa shape index (κ3) is 1.99. The Morgan fingerprint density at radius 1 is 1.64 bits per heavy atom. The van der Waals surface area contributed by atoms with Crippen molar-refractivity contribution in [3.05, 3.63) is 0 Å². The van der Waals surface area contributed by atoms with E-state index in [1.54, 1.807) is 10.8 Å². The third-order valence-electron chi connectivity index (χ3n) is 1.84. The van der Waals surface area contributed by atoms with E-state index in [9.17, 15) is 0 Å². The van der Waals surface area contributed by atoms with E-state index in [0.717, 1.165) is 6.54 Å². The summed E-state index contributed by atoms with van der Waals surface area (Å²) < 4.78 is 1.59. The fourth-order valence-corrected chi connectivity index (χ4v) is 1.14. The minimum Gasteiger partial charge on any atom is -0.272 e. The molecule has 0 bridgehead atoms. The Bertz CT molecular complexity index is 149. The number of rotatable bonds is 3. The van der Waals surface area contributed by atoms with Crippen molar-refractivity contribution >= 4 is 18.1 Å². The highest BCUT2D eigenvalue weighted by atomic mass is 35.5. The second-order valence-corrected chi connectivity index (χ2v) is 3.11. The summed E-state index contributed by atoms with van der Waals surface area (Å²) in [6.45, 7) is 5.20. The SMILES string of the molecule is CCCCN1N=CN(Cl)C1C. The molecule has 1 unspecified atom stereocenters. The first-order valence-electron chi connectivity index (χ1n) is 4.00. The number of hydrazone groups is 1. The molecule has 4 heteroatoms. The second-order valence-electron chi connectivity index (χ2n) is 2.72. The molecule has 0 fully saturated rings. The first-order chi connectivity index (χ1) is 5.25. The van der Waals surface area contributed by atoms with Crippen LogP contribution in [0.3, 0.4) is 0 Å². The van der Waals surface area contributed by atoms with E-state index < -0.39 is 0 Å². The highest BCUT2D eigenvalue weighted by Crippen LogP contribution is 2.14. The molecule has 1 rings (SSSR count). The molecule has 0 N–H and O–H groups in total. The Hall–Kier alpha value is -0.440. The van der Waals surface area contributed by atoms with Crippen molar-refractivity contribution in [3.63, 3.8) is 0 Å². The van der Waals surface area contributed by atoms with Crippen LogP contribution in [0.1, 0.15) is 26.7 Å². The predicted molar refractivity (Wildman–Crippen MR) is 47.3 cm³/mol. The molecule has 1 aliphatic heterocycles. The molecule has 11 heavy (non-hydrogen) atoms. The summed E-state index contributed by atoms with van der Waals surface area (Å²) in [7, 11) is 0. The van der Waals surface area contributed by atoms with E-state index in [-0.39, 0.29) is 6.17 Å². The van der Waals surface area contributed by atoms with Crippen molar-refractivity contribution in [3.8, 4) is 0 Å². The summed E-state index contributed by atoms with van der Waals surface area (Å²) in [6, 6.07) is 0. The smallest absolute Gasteiger partial charge is 0.131 e. The number of nitrogens with zero attached hydrogens (tertiary/aromatic N) is 3. The zero-order chi connectivity index (χ0) is 8.27. The summed E-state index contributed by atoms with van der Waals surface area (Å²) >= 11 is 5.78. The summed E-state index contributed by atoms with van der Waals surface area (Å²) in [5.41, 5.74) is 0. The quantitative estimate of drug-likeness (QED) is 0.610. The number of unbranched alkanes of at least 4 members (excludes halogenated alkanes) is 1. The zero-order valence-corrected chi connectivity index (χ0v) is 7.75. The van der Waals surface area contributed by atoms with Gasteiger partial charge in [-0.15, -0.1) is 0 Å². The molecule has 0 aliphatic carbocycles. The third-order valence-corrected chi connectivity index (χ3v) is 2.21. The van der Waals surface area contributed by atoms with Crippen LogP contribution in [0, 0.1) is 0 Å². The van der Waals surface area contributed by atoms with Gasteiger partial charge in [-0.3, -0.25) is 5.01 Å². The maximum Gasteiger partial charge on any atom is 0.131 e. The Morgan fingerprint density at radius 2 is 2.36 bits per heavy atom. The van der Waals surface area contributed by atoms with Crippen molar-refractivity contribution in [1.82, 2.24) is 9.43 Å². The van der Waals surface area contributed by atoms with Gasteiger partial charge in [0.15, 0.2) is 0 Å². The molecular weight excluding hydrogens is 162 g/mol. The van der Waals surface area contributed by atoms with E-state index in [1.165, 1.54) is 12.8 Å². The molecule has 0 saturated carbocycles. The van der Waals surface area contributed by atoms with Crippen molar-refractivity contribution in [1.29, 1.82) is 0 Å². The lowest BCUT2D eigenvalue weighted by Gasteiger charge is -2.22. The van der Waals surface area contributed by atoms with Crippen LogP contribution in [0.5, 0.6) is 0 Å². The van der Waals surface area contributed by atoms with Crippen molar-refractivity contribution in [2.75, 3.05) is 6.54 Å². The summed E-state index contributed by atoms with van der Waals surface area (Å²) in [5, 5.41) is 6.13. The molecule has 0 radical (unpaired) electrons. The second kappa shape index (κ2) is 3.81. The lowest BCUT2D eigenvalue weighted by atomic mass is 10.3. The van der Waals surface area contributed by atoms with Gasteiger partial charge in [-0.05, 0) is 13.3 Å². The Labute approximate surface area is 72.7 Å². The first-order valence-corrected chi connectivity index (χ1v) is 4.34. The molecule has 0 amide bonds. The average Bonchev–Trinajstić information content (AvgIpc) is 2.31. The number of hydrogen-bond acceptors (Lipinski definition) is 3. The van der Waals surface area contributed by atoms with Crippen LogP contribution in [0.4, 0.5) is 0 Å². The molecule has 0 spiro atoms. The van der Waals surface area contributed by atoms with Gasteiger partial charge >= 0.3 is 0 Å². The summed E-state index contributed by atoms with van der Waals surface area (Å²) in [4.78, 5) is 0. The number of halogens is 1. The summed E-state index contributed by atoms with van der Waals surface area (Å²) in [6.07, 6.45) is 4.23. The van der Waals surface area contributed by atoms with E-state index in [4.69, 9.17) is 11.8 Å². The van der Waals surface area contributed by atoms with Crippen LogP contribution in [0.25, 0.3) is 0 Å². The molecule has 1 atom stereocenters. The van der Waals surface area contributed by atoms with Crippen molar-refractivity contribution < 1.29 is 0 Å². The van der Waals surface area contributed by atoms with Crippen LogP contribution in [-0.2, 0) is 0 Å². The Morgan fingerprint density at radius 3 is 2.82 bits per heavy atom. The minimum absolute atomic E-state index is 0.211. The van der Waals surface area contributed by atoms with Gasteiger partial charge < -0.3 is 0 Å². The lowest BCUT2D eigenvalue weighted by molar-refractivity contribution is 0.189. The van der Waals surface area contributed by atoms with Gasteiger partial charge in [-0.2, -0.15) is 5.10 Å². The fourth-order valence-electron chi connectivity index (χ4n) is 1.00. The first kappa shape index (κ1) is 8.65. The molecule has 3 nitrogen and oxygen atoms in total. The largest absolute Gasteiger partial charge is 0.272 e. The van der Waals surface area contributed by atoms with Gasteiger partial charge in [0.05, 0.1) is 0 Å². The molecular formula is C7H14ClN3. The topological polar surface area (TPSA) is 18.8 Å². The van der Waals surface area contributed by atoms with E-state index in [2.05, 4.69) is 12.0 Å². The van der Waals surface area contributed by atoms with Gasteiger partial charge in [0.25, 0.3) is 0 Å². The van der Waals surface area contributed by atoms with E-state index in [0.29, 0.717) is 0 Å². The Balaban J connectivity index is 2.31. The van der Waals surface area contributed by atoms with Gasteiger partial charge in [-0.1, -0.05) is 13.3 Å². The standard InChI is InChI=1S/C7H14ClN3/c1-3-4-5-11-7(2)10(8)6-9-11/h6-7H,3-5H2,1-2H3. The molecule has 0 aromatic carbocycles. The monoisotopic (exact) mass is 175 g/mol. The van der Waals surface area contributed by atoms with Gasteiger partial charge in [0, 0.05) is 18.3 Å². The van der Waals surface area contributed by atoms with Gasteiger partial charge in [0.2, 0.25) is 0 Å². The molecule has 1 heterocycles. The maximum atomic E-state index is 5.78. The zero-order valence-electron chi connectivity index (χ0n) is 7.00. The van der Waals surface area contributed by atoms with E-state index in [1.807, 2.05) is 11.9 Å². The normalized spacial score (nSPS) is 23.4. The van der Waals surface area contributed by atoms with Gasteiger partial charge in [0.1, 0.15) is 12.5 Å². The van der Waals surface area contributed by atoms with Crippen LogP contribution < -0.4 is 0 Å². The van der Waals surface area contributed by atoms with Crippen LogP contribution in [-0.4, -0.2) is 28.5 Å². The fraction of sp³-hybridized carbons (Fsp3) is 0.857. The average molecular weight is 176 g/mol. The van der Waals surface area contributed by atoms with Gasteiger partial charge in [-0.25, -0.2) is 4.42 Å². The Kier molecular flexibility index (Phi) is 3.00. The summed E-state index contributed by atoms with van der Waals surface area (Å²) in [5.74, 6) is 0. The minimum atomic E-state index is 0.211. The molecule has 0 aromatic heterocycles. The maximum absolute atomic E-state index is 5.78. The van der Waals surface area contributed by atoms with Crippen molar-refractivity contribution in [2.45, 2.75) is 32.9 Å². The van der Waals surface area contributed by atoms with Crippen LogP contribution in [0.15, 0.2) is 5.10 Å². The van der Waals surface area contributed by atoms with Crippen LogP contribution >= 0.6 is 11.8 Å². The predicted octanol–water partition coefficient (Wildman–Crippen LogP) is 1.85. The molecule has 1 aliphatic rings. The highest BCUT2D eigenvalue weighted by Gasteiger charge is 2.20. The van der Waals surface area contributed by atoms with E-state index >= 15 is 0 Å².